The number of hydrogen-bond acceptors (Lipinski definition) is 3. The van der Waals surface area contributed by atoms with Gasteiger partial charge in [0.05, 0.1) is 5.41 Å². The van der Waals surface area contributed by atoms with Gasteiger partial charge in [0, 0.05) is 12.4 Å². The largest absolute Gasteiger partial charge is 0.459 e. The third-order valence-corrected chi connectivity index (χ3v) is 5.69. The normalized spacial score (nSPS) is 19.5. The van der Waals surface area contributed by atoms with Crippen LogP contribution in [0.4, 0.5) is 0 Å². The van der Waals surface area contributed by atoms with Crippen LogP contribution in [-0.2, 0) is 14.8 Å². The molecule has 1 unspecified atom stereocenters. The quantitative estimate of drug-likeness (QED) is 0.536. The van der Waals surface area contributed by atoms with Crippen molar-refractivity contribution in [3.05, 3.63) is 30.1 Å². The Bertz CT molecular complexity index is 552. The fourth-order valence-corrected chi connectivity index (χ4v) is 3.35. The molecule has 1 radical (unpaired) electrons. The van der Waals surface area contributed by atoms with Gasteiger partial charge in [-0.25, -0.2) is 0 Å². The van der Waals surface area contributed by atoms with Crippen LogP contribution < -0.4 is 0 Å². The van der Waals surface area contributed by atoms with E-state index in [4.69, 9.17) is 4.74 Å². The van der Waals surface area contributed by atoms with Gasteiger partial charge in [-0.05, 0) is 55.6 Å². The predicted octanol–water partition coefficient (Wildman–Crippen LogP) is 4.73. The van der Waals surface area contributed by atoms with Gasteiger partial charge in [0.1, 0.15) is 12.9 Å². The summed E-state index contributed by atoms with van der Waals surface area (Å²) in [5, 5.41) is -0.0578. The van der Waals surface area contributed by atoms with E-state index in [9.17, 15) is 4.79 Å². The van der Waals surface area contributed by atoms with Crippen molar-refractivity contribution in [3.63, 3.8) is 0 Å². The average molecular weight is 328 g/mol. The van der Waals surface area contributed by atoms with Gasteiger partial charge in [-0.1, -0.05) is 40.4 Å². The topological polar surface area (TPSA) is 39.2 Å². The highest BCUT2D eigenvalue weighted by atomic mass is 16.6. The van der Waals surface area contributed by atoms with Gasteiger partial charge in [0.15, 0.2) is 0 Å². The van der Waals surface area contributed by atoms with Crippen molar-refractivity contribution in [2.24, 2.45) is 5.41 Å². The maximum absolute atomic E-state index is 12.7. The molecule has 24 heavy (non-hydrogen) atoms. The third-order valence-electron chi connectivity index (χ3n) is 5.69. The van der Waals surface area contributed by atoms with Crippen LogP contribution in [0.3, 0.4) is 0 Å². The Kier molecular flexibility index (Phi) is 5.77. The minimum atomic E-state index is -0.505. The van der Waals surface area contributed by atoms with Crippen LogP contribution >= 0.6 is 0 Å². The summed E-state index contributed by atoms with van der Waals surface area (Å²) in [6.45, 7) is 10.5. The first-order chi connectivity index (χ1) is 11.2. The smallest absolute Gasteiger partial charge is 0.311 e. The summed E-state index contributed by atoms with van der Waals surface area (Å²) in [7, 11) is 2.28. The van der Waals surface area contributed by atoms with E-state index in [-0.39, 0.29) is 16.9 Å². The Labute approximate surface area is 147 Å². The molecule has 4 heteroatoms. The minimum absolute atomic E-state index is 0.0578. The van der Waals surface area contributed by atoms with Gasteiger partial charge in [0.2, 0.25) is 0 Å². The number of esters is 1. The zero-order valence-corrected chi connectivity index (χ0v) is 15.9. The molecule has 0 amide bonds. The number of ether oxygens (including phenoxy) is 1. The van der Waals surface area contributed by atoms with Gasteiger partial charge in [-0.2, -0.15) is 0 Å². The highest BCUT2D eigenvalue weighted by molar-refractivity contribution is 6.40. The van der Waals surface area contributed by atoms with Crippen molar-refractivity contribution in [1.82, 2.24) is 4.98 Å². The molecule has 1 aromatic heterocycles. The first kappa shape index (κ1) is 19.0. The Morgan fingerprint density at radius 3 is 2.38 bits per heavy atom. The fraction of sp³-hybridized carbons (Fsp3) is 0.700. The number of pyridine rings is 1. The van der Waals surface area contributed by atoms with E-state index < -0.39 is 5.41 Å². The lowest BCUT2D eigenvalue weighted by Crippen LogP contribution is -2.39. The molecule has 2 rings (SSSR count). The van der Waals surface area contributed by atoms with E-state index in [2.05, 4.69) is 45.2 Å². The number of nitrogens with zero attached hydrogens (tertiary/aromatic N) is 1. The van der Waals surface area contributed by atoms with E-state index in [1.807, 2.05) is 26.2 Å². The summed E-state index contributed by atoms with van der Waals surface area (Å²) < 4.78 is 5.90. The van der Waals surface area contributed by atoms with Gasteiger partial charge >= 0.3 is 5.97 Å². The summed E-state index contributed by atoms with van der Waals surface area (Å²) in [6, 6.07) is 4.12. The first-order valence-corrected chi connectivity index (χ1v) is 9.19. The monoisotopic (exact) mass is 328 g/mol. The standard InChI is InChI=1S/C20H31BNO2/c1-6-20(5,16-9-13-22-14-10-16)21-15-18(2,3)17(23)24-19(4)11-7-8-12-19/h9-10,13-14H,6-8,11-12,15H2,1-5H3. The highest BCUT2D eigenvalue weighted by Crippen LogP contribution is 2.37. The second-order valence-corrected chi connectivity index (χ2v) is 8.35. The zero-order chi connectivity index (χ0) is 17.8. The van der Waals surface area contributed by atoms with Crippen LogP contribution in [0.15, 0.2) is 24.5 Å². The van der Waals surface area contributed by atoms with Crippen LogP contribution in [0.2, 0.25) is 6.32 Å². The van der Waals surface area contributed by atoms with Crippen LogP contribution in [-0.4, -0.2) is 23.8 Å². The molecular formula is C20H31BNO2. The molecule has 0 bridgehead atoms. The summed E-state index contributed by atoms with van der Waals surface area (Å²) in [6.07, 6.45) is 9.65. The Hall–Kier alpha value is -1.32. The SMILES string of the molecule is CCC(C)([B]CC(C)(C)C(=O)OC1(C)CCCC1)c1ccncc1. The second kappa shape index (κ2) is 7.29. The van der Waals surface area contributed by atoms with Crippen molar-refractivity contribution in [2.45, 2.75) is 84.0 Å². The molecule has 1 aromatic rings. The molecule has 1 aliphatic carbocycles. The number of carbonyl (C=O) groups excluding carboxylic acids is 1. The first-order valence-electron chi connectivity index (χ1n) is 9.19. The predicted molar refractivity (Wildman–Crippen MR) is 99.2 cm³/mol. The van der Waals surface area contributed by atoms with Crippen LogP contribution in [0.5, 0.6) is 0 Å². The molecule has 1 saturated carbocycles. The number of aromatic nitrogens is 1. The maximum atomic E-state index is 12.7. The molecule has 0 aromatic carbocycles. The van der Waals surface area contributed by atoms with E-state index >= 15 is 0 Å². The molecule has 3 nitrogen and oxygen atoms in total. The number of rotatable bonds is 7. The maximum Gasteiger partial charge on any atom is 0.311 e. The minimum Gasteiger partial charge on any atom is -0.459 e. The summed E-state index contributed by atoms with van der Waals surface area (Å²) in [5.41, 5.74) is 0.481. The molecule has 0 aliphatic heterocycles. The molecule has 131 valence electrons. The Morgan fingerprint density at radius 2 is 1.83 bits per heavy atom. The summed E-state index contributed by atoms with van der Waals surface area (Å²) in [4.78, 5) is 16.8. The van der Waals surface area contributed by atoms with Crippen LogP contribution in [0.1, 0.15) is 72.3 Å². The lowest BCUT2D eigenvalue weighted by atomic mass is 9.44. The van der Waals surface area contributed by atoms with Crippen molar-refractivity contribution in [3.8, 4) is 0 Å². The molecule has 1 aliphatic rings. The Balaban J connectivity index is 2.01. The van der Waals surface area contributed by atoms with Crippen LogP contribution in [0.25, 0.3) is 0 Å². The van der Waals surface area contributed by atoms with Crippen molar-refractivity contribution in [2.75, 3.05) is 0 Å². The van der Waals surface area contributed by atoms with E-state index in [1.54, 1.807) is 0 Å². The third kappa shape index (κ3) is 4.40. The summed E-state index contributed by atoms with van der Waals surface area (Å²) >= 11 is 0. The van der Waals surface area contributed by atoms with E-state index in [0.717, 1.165) is 32.1 Å². The lowest BCUT2D eigenvalue weighted by molar-refractivity contribution is -0.167. The molecule has 0 spiro atoms. The van der Waals surface area contributed by atoms with Crippen molar-refractivity contribution < 1.29 is 9.53 Å². The van der Waals surface area contributed by atoms with E-state index in [0.29, 0.717) is 6.32 Å². The van der Waals surface area contributed by atoms with E-state index in [1.165, 1.54) is 5.56 Å². The fourth-order valence-electron chi connectivity index (χ4n) is 3.35. The molecule has 1 heterocycles. The van der Waals surface area contributed by atoms with Crippen molar-refractivity contribution >= 4 is 13.2 Å². The highest BCUT2D eigenvalue weighted by Gasteiger charge is 2.39. The molecule has 0 N–H and O–H groups in total. The van der Waals surface area contributed by atoms with Gasteiger partial charge in [0.25, 0.3) is 0 Å². The average Bonchev–Trinajstić information content (AvgIpc) is 2.99. The van der Waals surface area contributed by atoms with Gasteiger partial charge in [-0.15, -0.1) is 0 Å². The number of hydrogen-bond donors (Lipinski definition) is 0. The second-order valence-electron chi connectivity index (χ2n) is 8.35. The molecule has 1 fully saturated rings. The van der Waals surface area contributed by atoms with Gasteiger partial charge in [-0.3, -0.25) is 9.78 Å². The van der Waals surface area contributed by atoms with Crippen molar-refractivity contribution in [1.29, 1.82) is 0 Å². The van der Waals surface area contributed by atoms with Gasteiger partial charge < -0.3 is 4.74 Å². The Morgan fingerprint density at radius 1 is 1.25 bits per heavy atom. The summed E-state index contributed by atoms with van der Waals surface area (Å²) in [5.74, 6) is -0.0728. The lowest BCUT2D eigenvalue weighted by Gasteiger charge is -2.34. The zero-order valence-electron chi connectivity index (χ0n) is 15.9. The van der Waals surface area contributed by atoms with Crippen LogP contribution in [0, 0.1) is 5.41 Å². The molecular weight excluding hydrogens is 297 g/mol. The number of carbonyl (C=O) groups is 1. The molecule has 1 atom stereocenters. The molecule has 0 saturated heterocycles.